The Kier molecular flexibility index (Phi) is 4.47. The van der Waals surface area contributed by atoms with E-state index >= 15 is 0 Å². The number of nitrogens with one attached hydrogen (secondary N) is 1. The Morgan fingerprint density at radius 2 is 2.24 bits per heavy atom. The molecule has 0 spiro atoms. The van der Waals surface area contributed by atoms with E-state index in [2.05, 4.69) is 10.3 Å². The van der Waals surface area contributed by atoms with Gasteiger partial charge in [0.25, 0.3) is 5.91 Å². The van der Waals surface area contributed by atoms with Gasteiger partial charge < -0.3 is 20.5 Å². The Hall–Kier alpha value is -2.50. The SMILES string of the molecule is CCNC(=O)c1ccc(N(C)Cc2nccn2C)c(N)c1. The normalized spacial score (nSPS) is 10.4. The molecule has 0 saturated carbocycles. The van der Waals surface area contributed by atoms with Crippen LogP contribution in [-0.2, 0) is 13.6 Å². The van der Waals surface area contributed by atoms with Crippen LogP contribution < -0.4 is 16.0 Å². The minimum Gasteiger partial charge on any atom is -0.397 e. The van der Waals surface area contributed by atoms with Crippen LogP contribution in [0.1, 0.15) is 23.1 Å². The molecule has 0 fully saturated rings. The number of rotatable bonds is 5. The summed E-state index contributed by atoms with van der Waals surface area (Å²) in [7, 11) is 3.91. The number of anilines is 2. The van der Waals surface area contributed by atoms with Gasteiger partial charge in [0.15, 0.2) is 0 Å². The van der Waals surface area contributed by atoms with Crippen LogP contribution in [0.4, 0.5) is 11.4 Å². The quantitative estimate of drug-likeness (QED) is 0.815. The predicted molar refractivity (Wildman–Crippen MR) is 84.2 cm³/mol. The van der Waals surface area contributed by atoms with Crippen LogP contribution in [0.3, 0.4) is 0 Å². The smallest absolute Gasteiger partial charge is 0.251 e. The molecule has 0 atom stereocenters. The topological polar surface area (TPSA) is 76.2 Å². The van der Waals surface area contributed by atoms with Crippen molar-refractivity contribution in [3.8, 4) is 0 Å². The van der Waals surface area contributed by atoms with E-state index < -0.39 is 0 Å². The first-order valence-corrected chi connectivity index (χ1v) is 6.88. The lowest BCUT2D eigenvalue weighted by Crippen LogP contribution is -2.24. The van der Waals surface area contributed by atoms with Gasteiger partial charge in [0.1, 0.15) is 5.82 Å². The van der Waals surface area contributed by atoms with Crippen LogP contribution in [0.25, 0.3) is 0 Å². The molecule has 0 saturated heterocycles. The van der Waals surface area contributed by atoms with Gasteiger partial charge in [0.05, 0.1) is 17.9 Å². The standard InChI is InChI=1S/C15H21N5O/c1-4-17-15(21)11-5-6-13(12(16)9-11)20(3)10-14-18-7-8-19(14)2/h5-9H,4,10,16H2,1-3H3,(H,17,21). The van der Waals surface area contributed by atoms with E-state index in [-0.39, 0.29) is 5.91 Å². The molecule has 1 heterocycles. The molecule has 3 N–H and O–H groups in total. The summed E-state index contributed by atoms with van der Waals surface area (Å²) in [5, 5.41) is 2.76. The second kappa shape index (κ2) is 6.30. The van der Waals surface area contributed by atoms with Crippen molar-refractivity contribution in [2.75, 3.05) is 24.2 Å². The Morgan fingerprint density at radius 3 is 2.81 bits per heavy atom. The molecule has 0 unspecified atom stereocenters. The van der Waals surface area contributed by atoms with Crippen molar-refractivity contribution in [2.45, 2.75) is 13.5 Å². The number of hydrogen-bond donors (Lipinski definition) is 2. The first kappa shape index (κ1) is 14.9. The van der Waals surface area contributed by atoms with E-state index in [1.54, 1.807) is 18.3 Å². The maximum absolute atomic E-state index is 11.8. The summed E-state index contributed by atoms with van der Waals surface area (Å²) < 4.78 is 1.97. The molecule has 0 aliphatic rings. The fourth-order valence-electron chi connectivity index (χ4n) is 2.15. The molecular formula is C15H21N5O. The van der Waals surface area contributed by atoms with Crippen LogP contribution in [0.2, 0.25) is 0 Å². The predicted octanol–water partition coefficient (Wildman–Crippen LogP) is 1.39. The maximum Gasteiger partial charge on any atom is 0.251 e. The molecule has 1 aromatic carbocycles. The lowest BCUT2D eigenvalue weighted by molar-refractivity contribution is 0.0956. The maximum atomic E-state index is 11.8. The van der Waals surface area contributed by atoms with Crippen LogP contribution in [0, 0.1) is 0 Å². The van der Waals surface area contributed by atoms with Crippen molar-refractivity contribution >= 4 is 17.3 Å². The summed E-state index contributed by atoms with van der Waals surface area (Å²) in [6.45, 7) is 3.13. The molecule has 6 heteroatoms. The average Bonchev–Trinajstić information content (AvgIpc) is 2.84. The van der Waals surface area contributed by atoms with Gasteiger partial charge in [-0.05, 0) is 25.1 Å². The van der Waals surface area contributed by atoms with E-state index in [9.17, 15) is 4.79 Å². The molecular weight excluding hydrogens is 266 g/mol. The largest absolute Gasteiger partial charge is 0.397 e. The number of aromatic nitrogens is 2. The second-order valence-corrected chi connectivity index (χ2v) is 4.94. The molecule has 112 valence electrons. The van der Waals surface area contributed by atoms with Crippen molar-refractivity contribution in [1.82, 2.24) is 14.9 Å². The number of aryl methyl sites for hydroxylation is 1. The van der Waals surface area contributed by atoms with Gasteiger partial charge in [-0.15, -0.1) is 0 Å². The van der Waals surface area contributed by atoms with Crippen LogP contribution >= 0.6 is 0 Å². The minimum atomic E-state index is -0.109. The van der Waals surface area contributed by atoms with Crippen molar-refractivity contribution in [2.24, 2.45) is 7.05 Å². The first-order valence-electron chi connectivity index (χ1n) is 6.88. The number of carbonyl (C=O) groups is 1. The summed E-state index contributed by atoms with van der Waals surface area (Å²) >= 11 is 0. The van der Waals surface area contributed by atoms with E-state index in [1.807, 2.05) is 42.7 Å². The third kappa shape index (κ3) is 3.34. The fourth-order valence-corrected chi connectivity index (χ4v) is 2.15. The number of nitrogens with zero attached hydrogens (tertiary/aromatic N) is 3. The van der Waals surface area contributed by atoms with Gasteiger partial charge in [-0.3, -0.25) is 4.79 Å². The van der Waals surface area contributed by atoms with Crippen molar-refractivity contribution < 1.29 is 4.79 Å². The highest BCUT2D eigenvalue weighted by Crippen LogP contribution is 2.24. The number of amides is 1. The van der Waals surface area contributed by atoms with Gasteiger partial charge in [0, 0.05) is 38.6 Å². The minimum absolute atomic E-state index is 0.109. The number of imidazole rings is 1. The van der Waals surface area contributed by atoms with Gasteiger partial charge in [-0.2, -0.15) is 0 Å². The molecule has 0 bridgehead atoms. The first-order chi connectivity index (χ1) is 10.0. The molecule has 2 aromatic rings. The molecule has 21 heavy (non-hydrogen) atoms. The number of carbonyl (C=O) groups excluding carboxylic acids is 1. The summed E-state index contributed by atoms with van der Waals surface area (Å²) in [6.07, 6.45) is 3.68. The average molecular weight is 287 g/mol. The van der Waals surface area contributed by atoms with Crippen LogP contribution in [-0.4, -0.2) is 29.1 Å². The van der Waals surface area contributed by atoms with Crippen LogP contribution in [0.5, 0.6) is 0 Å². The number of hydrogen-bond acceptors (Lipinski definition) is 4. The Labute approximate surface area is 124 Å². The molecule has 1 amide bonds. The van der Waals surface area contributed by atoms with E-state index in [4.69, 9.17) is 5.73 Å². The highest BCUT2D eigenvalue weighted by atomic mass is 16.1. The number of nitrogen functional groups attached to an aromatic ring is 1. The summed E-state index contributed by atoms with van der Waals surface area (Å²) in [6, 6.07) is 5.35. The number of nitrogens with two attached hydrogens (primary N) is 1. The van der Waals surface area contributed by atoms with Crippen LogP contribution in [0.15, 0.2) is 30.6 Å². The zero-order chi connectivity index (χ0) is 15.4. The van der Waals surface area contributed by atoms with Gasteiger partial charge >= 0.3 is 0 Å². The Balaban J connectivity index is 2.17. The zero-order valence-electron chi connectivity index (χ0n) is 12.6. The third-order valence-corrected chi connectivity index (χ3v) is 3.34. The molecule has 6 nitrogen and oxygen atoms in total. The lowest BCUT2D eigenvalue weighted by Gasteiger charge is -2.21. The third-order valence-electron chi connectivity index (χ3n) is 3.34. The second-order valence-electron chi connectivity index (χ2n) is 4.94. The molecule has 0 radical (unpaired) electrons. The van der Waals surface area contributed by atoms with Crippen molar-refractivity contribution in [3.63, 3.8) is 0 Å². The van der Waals surface area contributed by atoms with Crippen molar-refractivity contribution in [1.29, 1.82) is 0 Å². The molecule has 0 aliphatic heterocycles. The van der Waals surface area contributed by atoms with Gasteiger partial charge in [-0.1, -0.05) is 0 Å². The van der Waals surface area contributed by atoms with Gasteiger partial charge in [-0.25, -0.2) is 4.98 Å². The van der Waals surface area contributed by atoms with Gasteiger partial charge in [0.2, 0.25) is 0 Å². The Bertz CT molecular complexity index is 635. The molecule has 0 aliphatic carbocycles. The lowest BCUT2D eigenvalue weighted by atomic mass is 10.1. The zero-order valence-corrected chi connectivity index (χ0v) is 12.6. The highest BCUT2D eigenvalue weighted by molar-refractivity contribution is 5.96. The number of benzene rings is 1. The van der Waals surface area contributed by atoms with E-state index in [0.29, 0.717) is 24.3 Å². The summed E-state index contributed by atoms with van der Waals surface area (Å²) in [4.78, 5) is 18.1. The van der Waals surface area contributed by atoms with Crippen molar-refractivity contribution in [3.05, 3.63) is 42.0 Å². The highest BCUT2D eigenvalue weighted by Gasteiger charge is 2.11. The molecule has 2 rings (SSSR count). The fraction of sp³-hybridized carbons (Fsp3) is 0.333. The molecule has 1 aromatic heterocycles. The van der Waals surface area contributed by atoms with E-state index in [0.717, 1.165) is 11.5 Å². The monoisotopic (exact) mass is 287 g/mol. The summed E-state index contributed by atoms with van der Waals surface area (Å²) in [5.41, 5.74) is 8.11. The van der Waals surface area contributed by atoms with E-state index in [1.165, 1.54) is 0 Å². The Morgan fingerprint density at radius 1 is 1.48 bits per heavy atom. The summed E-state index contributed by atoms with van der Waals surface area (Å²) in [5.74, 6) is 0.840.